The molecule has 1 aromatic rings. The van der Waals surface area contributed by atoms with Gasteiger partial charge in [-0.05, 0) is 30.7 Å². The number of esters is 1. The fourth-order valence-electron chi connectivity index (χ4n) is 1.33. The monoisotopic (exact) mass is 251 g/mol. The van der Waals surface area contributed by atoms with E-state index in [1.54, 1.807) is 12.1 Å². The van der Waals surface area contributed by atoms with Gasteiger partial charge in [0.05, 0.1) is 18.8 Å². The van der Waals surface area contributed by atoms with Gasteiger partial charge in [0.1, 0.15) is 0 Å². The van der Waals surface area contributed by atoms with E-state index in [-0.39, 0.29) is 12.5 Å². The van der Waals surface area contributed by atoms with Crippen LogP contribution in [0.1, 0.15) is 34.1 Å². The van der Waals surface area contributed by atoms with Gasteiger partial charge in [0.2, 0.25) is 0 Å². The van der Waals surface area contributed by atoms with Crippen molar-refractivity contribution in [2.45, 2.75) is 19.4 Å². The second-order valence-corrected chi connectivity index (χ2v) is 3.84. The highest BCUT2D eigenvalue weighted by Gasteiger charge is 2.09. The number of carbonyl (C=O) groups is 2. The molecule has 0 spiro atoms. The van der Waals surface area contributed by atoms with Gasteiger partial charge in [-0.2, -0.15) is 0 Å². The van der Waals surface area contributed by atoms with Crippen LogP contribution in [0.2, 0.25) is 0 Å². The van der Waals surface area contributed by atoms with E-state index in [1.807, 2.05) is 6.92 Å². The third-order valence-corrected chi connectivity index (χ3v) is 2.54. The Kier molecular flexibility index (Phi) is 5.32. The van der Waals surface area contributed by atoms with Crippen LogP contribution in [0.5, 0.6) is 0 Å². The summed E-state index contributed by atoms with van der Waals surface area (Å²) in [6, 6.07) is 6.13. The molecule has 1 atom stereocenters. The summed E-state index contributed by atoms with van der Waals surface area (Å²) in [4.78, 5) is 22.9. The molecule has 0 aromatic heterocycles. The van der Waals surface area contributed by atoms with Crippen molar-refractivity contribution >= 4 is 11.9 Å². The SMILES string of the molecule is CC[C@H](O)CNC(=O)c1ccc(C(=O)OC)cc1. The first-order chi connectivity index (χ1) is 8.58. The predicted molar refractivity (Wildman–Crippen MR) is 66.4 cm³/mol. The molecule has 98 valence electrons. The van der Waals surface area contributed by atoms with Crippen molar-refractivity contribution in [3.8, 4) is 0 Å². The van der Waals surface area contributed by atoms with E-state index in [0.717, 1.165) is 0 Å². The lowest BCUT2D eigenvalue weighted by Crippen LogP contribution is -2.31. The first-order valence-electron chi connectivity index (χ1n) is 5.73. The van der Waals surface area contributed by atoms with Gasteiger partial charge in [0.25, 0.3) is 5.91 Å². The molecule has 0 saturated heterocycles. The van der Waals surface area contributed by atoms with E-state index in [1.165, 1.54) is 19.2 Å². The number of methoxy groups -OCH3 is 1. The molecule has 0 aliphatic rings. The van der Waals surface area contributed by atoms with Crippen LogP contribution in [0.4, 0.5) is 0 Å². The van der Waals surface area contributed by atoms with Crippen LogP contribution in [0.25, 0.3) is 0 Å². The summed E-state index contributed by atoms with van der Waals surface area (Å²) < 4.78 is 4.56. The first-order valence-corrected chi connectivity index (χ1v) is 5.73. The maximum absolute atomic E-state index is 11.7. The standard InChI is InChI=1S/C13H17NO4/c1-3-11(15)8-14-12(16)9-4-6-10(7-5-9)13(17)18-2/h4-7,11,15H,3,8H2,1-2H3,(H,14,16)/t11-/m0/s1. The molecule has 0 fully saturated rings. The predicted octanol–water partition coefficient (Wildman–Crippen LogP) is 0.974. The number of benzene rings is 1. The molecule has 1 aromatic carbocycles. The lowest BCUT2D eigenvalue weighted by atomic mass is 10.1. The van der Waals surface area contributed by atoms with Crippen molar-refractivity contribution in [3.05, 3.63) is 35.4 Å². The summed E-state index contributed by atoms with van der Waals surface area (Å²) in [5.41, 5.74) is 0.827. The topological polar surface area (TPSA) is 75.6 Å². The highest BCUT2D eigenvalue weighted by atomic mass is 16.5. The molecule has 0 aliphatic heterocycles. The molecule has 0 radical (unpaired) electrons. The molecule has 0 heterocycles. The summed E-state index contributed by atoms with van der Waals surface area (Å²) in [7, 11) is 1.30. The Bertz CT molecular complexity index is 414. The Morgan fingerprint density at radius 3 is 2.33 bits per heavy atom. The Hall–Kier alpha value is -1.88. The van der Waals surface area contributed by atoms with E-state index in [4.69, 9.17) is 0 Å². The average molecular weight is 251 g/mol. The first kappa shape index (κ1) is 14.2. The Labute approximate surface area is 106 Å². The number of rotatable bonds is 5. The van der Waals surface area contributed by atoms with Crippen LogP contribution in [-0.4, -0.2) is 36.7 Å². The second-order valence-electron chi connectivity index (χ2n) is 3.84. The summed E-state index contributed by atoms with van der Waals surface area (Å²) in [6.07, 6.45) is 0.0463. The fraction of sp³-hybridized carbons (Fsp3) is 0.385. The van der Waals surface area contributed by atoms with Gasteiger partial charge in [-0.3, -0.25) is 4.79 Å². The summed E-state index contributed by atoms with van der Waals surface area (Å²) in [5, 5.41) is 11.9. The van der Waals surface area contributed by atoms with E-state index in [9.17, 15) is 14.7 Å². The summed E-state index contributed by atoms with van der Waals surface area (Å²) >= 11 is 0. The smallest absolute Gasteiger partial charge is 0.337 e. The zero-order valence-electron chi connectivity index (χ0n) is 10.5. The number of hydrogen-bond acceptors (Lipinski definition) is 4. The fourth-order valence-corrected chi connectivity index (χ4v) is 1.33. The number of amides is 1. The zero-order valence-corrected chi connectivity index (χ0v) is 10.5. The molecule has 5 nitrogen and oxygen atoms in total. The highest BCUT2D eigenvalue weighted by Crippen LogP contribution is 2.05. The maximum atomic E-state index is 11.7. The van der Waals surface area contributed by atoms with Gasteiger partial charge >= 0.3 is 5.97 Å². The third-order valence-electron chi connectivity index (χ3n) is 2.54. The number of carbonyl (C=O) groups excluding carboxylic acids is 2. The Balaban J connectivity index is 2.62. The molecule has 0 aliphatic carbocycles. The van der Waals surface area contributed by atoms with Crippen molar-refractivity contribution in [1.82, 2.24) is 5.32 Å². The Morgan fingerprint density at radius 2 is 1.83 bits per heavy atom. The van der Waals surface area contributed by atoms with Crippen LogP contribution in [0.15, 0.2) is 24.3 Å². The van der Waals surface area contributed by atoms with Crippen LogP contribution < -0.4 is 5.32 Å². The summed E-state index contributed by atoms with van der Waals surface area (Å²) in [6.45, 7) is 2.05. The quantitative estimate of drug-likeness (QED) is 0.765. The third kappa shape index (κ3) is 3.85. The van der Waals surface area contributed by atoms with Crippen LogP contribution in [-0.2, 0) is 4.74 Å². The van der Waals surface area contributed by atoms with E-state index in [0.29, 0.717) is 17.5 Å². The maximum Gasteiger partial charge on any atom is 0.337 e. The lowest BCUT2D eigenvalue weighted by molar-refractivity contribution is 0.0600. The molecule has 0 saturated carbocycles. The molecule has 1 amide bonds. The minimum Gasteiger partial charge on any atom is -0.465 e. The number of ether oxygens (including phenoxy) is 1. The number of aliphatic hydroxyl groups is 1. The zero-order chi connectivity index (χ0) is 13.5. The van der Waals surface area contributed by atoms with E-state index in [2.05, 4.69) is 10.1 Å². The van der Waals surface area contributed by atoms with Gasteiger partial charge in [-0.25, -0.2) is 4.79 Å². The minimum absolute atomic E-state index is 0.216. The molecule has 0 unspecified atom stereocenters. The summed E-state index contributed by atoms with van der Waals surface area (Å²) in [5.74, 6) is -0.720. The lowest BCUT2D eigenvalue weighted by Gasteiger charge is -2.09. The molecule has 18 heavy (non-hydrogen) atoms. The van der Waals surface area contributed by atoms with Gasteiger partial charge in [0.15, 0.2) is 0 Å². The number of hydrogen-bond donors (Lipinski definition) is 2. The van der Waals surface area contributed by atoms with Gasteiger partial charge in [-0.15, -0.1) is 0 Å². The molecular weight excluding hydrogens is 234 g/mol. The van der Waals surface area contributed by atoms with Gasteiger partial charge in [0, 0.05) is 12.1 Å². The molecule has 0 bridgehead atoms. The molecule has 2 N–H and O–H groups in total. The van der Waals surface area contributed by atoms with Crippen molar-refractivity contribution in [3.63, 3.8) is 0 Å². The van der Waals surface area contributed by atoms with E-state index >= 15 is 0 Å². The molecule has 1 rings (SSSR count). The number of nitrogens with one attached hydrogen (secondary N) is 1. The van der Waals surface area contributed by atoms with E-state index < -0.39 is 12.1 Å². The van der Waals surface area contributed by atoms with Crippen LogP contribution in [0, 0.1) is 0 Å². The second kappa shape index (κ2) is 6.76. The van der Waals surface area contributed by atoms with Crippen molar-refractivity contribution in [2.75, 3.05) is 13.7 Å². The van der Waals surface area contributed by atoms with Crippen LogP contribution in [0.3, 0.4) is 0 Å². The molecule has 5 heteroatoms. The van der Waals surface area contributed by atoms with Crippen molar-refractivity contribution in [2.24, 2.45) is 0 Å². The molecular formula is C13H17NO4. The average Bonchev–Trinajstić information content (AvgIpc) is 2.43. The minimum atomic E-state index is -0.539. The normalized spacial score (nSPS) is 11.7. The van der Waals surface area contributed by atoms with Gasteiger partial charge in [-0.1, -0.05) is 6.92 Å². The largest absolute Gasteiger partial charge is 0.465 e. The van der Waals surface area contributed by atoms with Gasteiger partial charge < -0.3 is 15.2 Å². The van der Waals surface area contributed by atoms with Crippen molar-refractivity contribution in [1.29, 1.82) is 0 Å². The Morgan fingerprint density at radius 1 is 1.28 bits per heavy atom. The van der Waals surface area contributed by atoms with Crippen molar-refractivity contribution < 1.29 is 19.4 Å². The van der Waals surface area contributed by atoms with Crippen LogP contribution >= 0.6 is 0 Å². The number of aliphatic hydroxyl groups excluding tert-OH is 1. The highest BCUT2D eigenvalue weighted by molar-refractivity contribution is 5.96.